The first-order chi connectivity index (χ1) is 11.8. The van der Waals surface area contributed by atoms with E-state index in [0.717, 1.165) is 19.3 Å². The molecular formula is C18H34Na2O7. The van der Waals surface area contributed by atoms with Gasteiger partial charge in [-0.25, -0.2) is 4.79 Å². The molecule has 0 heterocycles. The predicted molar refractivity (Wildman–Crippen MR) is 94.9 cm³/mol. The summed E-state index contributed by atoms with van der Waals surface area (Å²) in [5.74, 6) is -4.34. The van der Waals surface area contributed by atoms with Gasteiger partial charge in [-0.2, -0.15) is 0 Å². The summed E-state index contributed by atoms with van der Waals surface area (Å²) in [7, 11) is 0. The van der Waals surface area contributed by atoms with E-state index in [-0.39, 0.29) is 68.6 Å². The van der Waals surface area contributed by atoms with Crippen molar-refractivity contribution < 1.29 is 96.4 Å². The molecule has 0 aromatic rings. The number of carbonyl (C=O) groups is 3. The summed E-state index contributed by atoms with van der Waals surface area (Å²) in [5, 5.41) is 26.9. The van der Waals surface area contributed by atoms with Gasteiger partial charge in [-0.1, -0.05) is 64.7 Å². The second-order valence-electron chi connectivity index (χ2n) is 6.47. The zero-order valence-corrected chi connectivity index (χ0v) is 21.2. The van der Waals surface area contributed by atoms with Crippen molar-refractivity contribution in [2.75, 3.05) is 6.61 Å². The van der Waals surface area contributed by atoms with Crippen LogP contribution < -0.4 is 59.1 Å². The minimum atomic E-state index is -2.20. The van der Waals surface area contributed by atoms with Gasteiger partial charge in [-0.3, -0.25) is 9.59 Å². The number of carboxylic acids is 3. The number of hydrogen-bond acceptors (Lipinski definition) is 4. The Kier molecular flexibility index (Phi) is 23.4. The number of carboxylic acid groups (broad SMARTS) is 3. The SMILES string of the molecule is CCCCCCCCCCCCOC(CC(=O)O)(CC(=O)O)C(=O)O.[H-].[H-].[Na+].[Na+]. The van der Waals surface area contributed by atoms with Gasteiger partial charge >= 0.3 is 77.0 Å². The van der Waals surface area contributed by atoms with Gasteiger partial charge in [-0.15, -0.1) is 0 Å². The molecular weight excluding hydrogens is 374 g/mol. The molecule has 0 fully saturated rings. The zero-order chi connectivity index (χ0) is 19.1. The fourth-order valence-electron chi connectivity index (χ4n) is 2.72. The number of aliphatic carboxylic acids is 3. The Labute approximate surface area is 209 Å². The van der Waals surface area contributed by atoms with Gasteiger partial charge in [0.2, 0.25) is 0 Å². The molecule has 0 aliphatic rings. The Bertz CT molecular complexity index is 411. The summed E-state index contributed by atoms with van der Waals surface area (Å²) in [6, 6.07) is 0. The van der Waals surface area contributed by atoms with Crippen molar-refractivity contribution in [2.45, 2.75) is 89.6 Å². The molecule has 0 spiro atoms. The summed E-state index contributed by atoms with van der Waals surface area (Å²) < 4.78 is 5.22. The number of rotatable bonds is 17. The van der Waals surface area contributed by atoms with Crippen LogP contribution in [0.2, 0.25) is 0 Å². The minimum Gasteiger partial charge on any atom is -1.00 e. The first kappa shape index (κ1) is 32.0. The van der Waals surface area contributed by atoms with Crippen LogP contribution in [0.15, 0.2) is 0 Å². The van der Waals surface area contributed by atoms with E-state index in [4.69, 9.17) is 14.9 Å². The molecule has 0 atom stereocenters. The molecule has 0 saturated carbocycles. The van der Waals surface area contributed by atoms with Crippen LogP contribution >= 0.6 is 0 Å². The average molecular weight is 408 g/mol. The van der Waals surface area contributed by atoms with E-state index in [1.165, 1.54) is 38.5 Å². The Balaban J connectivity index is -0.000000480. The second-order valence-corrected chi connectivity index (χ2v) is 6.47. The number of ether oxygens (including phenoxy) is 1. The smallest absolute Gasteiger partial charge is 1.00 e. The molecule has 0 saturated heterocycles. The van der Waals surface area contributed by atoms with E-state index < -0.39 is 36.4 Å². The molecule has 0 unspecified atom stereocenters. The maximum Gasteiger partial charge on any atom is 1.00 e. The largest absolute Gasteiger partial charge is 1.00 e. The average Bonchev–Trinajstić information content (AvgIpc) is 2.51. The van der Waals surface area contributed by atoms with Crippen molar-refractivity contribution in [1.82, 2.24) is 0 Å². The third-order valence-electron chi connectivity index (χ3n) is 4.14. The van der Waals surface area contributed by atoms with E-state index in [9.17, 15) is 19.5 Å². The molecule has 0 aromatic heterocycles. The van der Waals surface area contributed by atoms with Gasteiger partial charge in [0.05, 0.1) is 12.8 Å². The van der Waals surface area contributed by atoms with Gasteiger partial charge in [-0.05, 0) is 6.42 Å². The quantitative estimate of drug-likeness (QED) is 0.187. The van der Waals surface area contributed by atoms with E-state index >= 15 is 0 Å². The summed E-state index contributed by atoms with van der Waals surface area (Å²) in [6.07, 6.45) is 9.31. The number of hydrogen-bond donors (Lipinski definition) is 3. The third kappa shape index (κ3) is 17.0. The van der Waals surface area contributed by atoms with E-state index in [1.807, 2.05) is 0 Å². The molecule has 0 aromatic carbocycles. The number of unbranched alkanes of at least 4 members (excludes halogenated alkanes) is 9. The van der Waals surface area contributed by atoms with Crippen LogP contribution in [0.1, 0.15) is 86.8 Å². The Hall–Kier alpha value is 0.370. The Morgan fingerprint density at radius 3 is 1.44 bits per heavy atom. The van der Waals surface area contributed by atoms with Crippen LogP contribution in [0.25, 0.3) is 0 Å². The molecule has 0 radical (unpaired) electrons. The molecule has 0 aliphatic carbocycles. The summed E-state index contributed by atoms with van der Waals surface area (Å²) in [4.78, 5) is 33.1. The van der Waals surface area contributed by atoms with Crippen molar-refractivity contribution in [3.63, 3.8) is 0 Å². The van der Waals surface area contributed by atoms with Crippen LogP contribution in [-0.4, -0.2) is 45.4 Å². The molecule has 0 aliphatic heterocycles. The topological polar surface area (TPSA) is 121 Å². The summed E-state index contributed by atoms with van der Waals surface area (Å²) >= 11 is 0. The van der Waals surface area contributed by atoms with Crippen LogP contribution in [0.3, 0.4) is 0 Å². The second kappa shape index (κ2) is 19.7. The minimum absolute atomic E-state index is 0. The molecule has 0 amide bonds. The monoisotopic (exact) mass is 408 g/mol. The maximum atomic E-state index is 11.4. The molecule has 9 heteroatoms. The first-order valence-electron chi connectivity index (χ1n) is 9.15. The van der Waals surface area contributed by atoms with E-state index in [0.29, 0.717) is 6.42 Å². The fourth-order valence-corrected chi connectivity index (χ4v) is 2.72. The van der Waals surface area contributed by atoms with Crippen molar-refractivity contribution in [3.8, 4) is 0 Å². The van der Waals surface area contributed by atoms with Crippen molar-refractivity contribution in [3.05, 3.63) is 0 Å². The summed E-state index contributed by atoms with van der Waals surface area (Å²) in [6.45, 7) is 2.23. The Morgan fingerprint density at radius 1 is 0.741 bits per heavy atom. The molecule has 150 valence electrons. The van der Waals surface area contributed by atoms with Crippen LogP contribution in [0.4, 0.5) is 0 Å². The standard InChI is InChI=1S/C18H32O7.2Na.2H/c1-2-3-4-5-6-7-8-9-10-11-12-25-18(17(23)24,13-15(19)20)14-16(21)22;;;;/h2-14H2,1H3,(H,19,20)(H,21,22)(H,23,24);;;;/q;2*+1;2*-1. The molecule has 7 nitrogen and oxygen atoms in total. The van der Waals surface area contributed by atoms with Crippen molar-refractivity contribution >= 4 is 17.9 Å². The van der Waals surface area contributed by atoms with Gasteiger partial charge in [0.15, 0.2) is 5.60 Å². The maximum absolute atomic E-state index is 11.4. The van der Waals surface area contributed by atoms with Crippen LogP contribution in [-0.2, 0) is 19.1 Å². The van der Waals surface area contributed by atoms with Crippen molar-refractivity contribution in [2.24, 2.45) is 0 Å². The van der Waals surface area contributed by atoms with Crippen LogP contribution in [0, 0.1) is 0 Å². The summed E-state index contributed by atoms with van der Waals surface area (Å²) in [5.41, 5.74) is -2.20. The molecule has 27 heavy (non-hydrogen) atoms. The first-order valence-corrected chi connectivity index (χ1v) is 9.15. The van der Waals surface area contributed by atoms with E-state index in [2.05, 4.69) is 6.92 Å². The van der Waals surface area contributed by atoms with E-state index in [1.54, 1.807) is 0 Å². The zero-order valence-electron chi connectivity index (χ0n) is 19.2. The fraction of sp³-hybridized carbons (Fsp3) is 0.833. The Morgan fingerprint density at radius 2 is 1.11 bits per heavy atom. The molecule has 0 rings (SSSR count). The normalized spacial score (nSPS) is 10.6. The third-order valence-corrected chi connectivity index (χ3v) is 4.14. The van der Waals surface area contributed by atoms with Gasteiger partial charge in [0.1, 0.15) is 0 Å². The van der Waals surface area contributed by atoms with Gasteiger partial charge in [0.25, 0.3) is 0 Å². The van der Waals surface area contributed by atoms with Crippen molar-refractivity contribution in [1.29, 1.82) is 0 Å². The molecule has 3 N–H and O–H groups in total. The van der Waals surface area contributed by atoms with Gasteiger partial charge in [0, 0.05) is 6.61 Å². The van der Waals surface area contributed by atoms with Crippen LogP contribution in [0.5, 0.6) is 0 Å². The molecule has 0 bridgehead atoms. The van der Waals surface area contributed by atoms with Gasteiger partial charge < -0.3 is 22.9 Å². The predicted octanol–water partition coefficient (Wildman–Crippen LogP) is -2.07.